The highest BCUT2D eigenvalue weighted by Gasteiger charge is 2.19. The first-order valence-corrected chi connectivity index (χ1v) is 9.23. The molecular weight excluding hydrogens is 376 g/mol. The smallest absolute Gasteiger partial charge is 0.228 e. The number of piperazine rings is 1. The number of amides is 1. The lowest BCUT2D eigenvalue weighted by Gasteiger charge is -2.32. The number of halogens is 2. The molecule has 1 saturated heterocycles. The molecule has 3 aromatic rings. The van der Waals surface area contributed by atoms with Gasteiger partial charge in [0.05, 0.1) is 5.69 Å². The van der Waals surface area contributed by atoms with E-state index < -0.39 is 11.6 Å². The van der Waals surface area contributed by atoms with E-state index in [4.69, 9.17) is 0 Å². The van der Waals surface area contributed by atoms with E-state index in [0.29, 0.717) is 49.3 Å². The Kier molecular flexibility index (Phi) is 5.33. The molecule has 1 fully saturated rings. The number of hydrogen-bond donors (Lipinski definition) is 1. The van der Waals surface area contributed by atoms with Crippen LogP contribution in [0, 0.1) is 11.6 Å². The third-order valence-corrected chi connectivity index (χ3v) is 4.72. The molecule has 2 aromatic carbocycles. The molecule has 0 unspecified atom stereocenters. The summed E-state index contributed by atoms with van der Waals surface area (Å²) in [5.41, 5.74) is 2.01. The zero-order valence-corrected chi connectivity index (χ0v) is 15.6. The molecule has 148 valence electrons. The summed E-state index contributed by atoms with van der Waals surface area (Å²) in [7, 11) is 0. The molecule has 2 heterocycles. The maximum atomic E-state index is 13.6. The fourth-order valence-corrected chi connectivity index (χ4v) is 3.15. The molecule has 1 aliphatic rings. The largest absolute Gasteiger partial charge is 0.342 e. The van der Waals surface area contributed by atoms with Crippen LogP contribution in [0.25, 0.3) is 11.3 Å². The zero-order valence-electron chi connectivity index (χ0n) is 15.6. The Morgan fingerprint density at radius 1 is 0.897 bits per heavy atom. The van der Waals surface area contributed by atoms with Crippen molar-refractivity contribution in [2.24, 2.45) is 0 Å². The van der Waals surface area contributed by atoms with Crippen LogP contribution < -0.4 is 10.2 Å². The lowest BCUT2D eigenvalue weighted by atomic mass is 10.1. The Bertz CT molecular complexity index is 1010. The number of anilines is 3. The van der Waals surface area contributed by atoms with E-state index in [0.717, 1.165) is 24.1 Å². The van der Waals surface area contributed by atoms with Crippen LogP contribution in [0.2, 0.25) is 0 Å². The summed E-state index contributed by atoms with van der Waals surface area (Å²) in [6, 6.07) is 15.0. The van der Waals surface area contributed by atoms with Crippen LogP contribution in [-0.2, 0) is 4.79 Å². The Morgan fingerprint density at radius 2 is 1.66 bits per heavy atom. The SMILES string of the molecule is O=CN1CCN(c2nc(Nc3ccc(F)c(F)c3)cc(-c3ccccc3)n2)CC1. The van der Waals surface area contributed by atoms with Crippen molar-refractivity contribution in [3.8, 4) is 11.3 Å². The van der Waals surface area contributed by atoms with E-state index in [2.05, 4.69) is 15.3 Å². The number of rotatable bonds is 5. The van der Waals surface area contributed by atoms with Gasteiger partial charge < -0.3 is 15.1 Å². The van der Waals surface area contributed by atoms with Crippen molar-refractivity contribution in [3.05, 3.63) is 66.2 Å². The van der Waals surface area contributed by atoms with Crippen molar-refractivity contribution >= 4 is 23.9 Å². The average Bonchev–Trinajstić information content (AvgIpc) is 2.77. The van der Waals surface area contributed by atoms with Crippen LogP contribution in [0.5, 0.6) is 0 Å². The summed E-state index contributed by atoms with van der Waals surface area (Å²) in [5.74, 6) is -0.853. The molecule has 1 N–H and O–H groups in total. The highest BCUT2D eigenvalue weighted by atomic mass is 19.2. The lowest BCUT2D eigenvalue weighted by Crippen LogP contribution is -2.46. The van der Waals surface area contributed by atoms with Gasteiger partial charge in [0.1, 0.15) is 5.82 Å². The average molecular weight is 395 g/mol. The normalized spacial score (nSPS) is 14.0. The predicted molar refractivity (Wildman–Crippen MR) is 107 cm³/mol. The van der Waals surface area contributed by atoms with Gasteiger partial charge in [0.25, 0.3) is 0 Å². The van der Waals surface area contributed by atoms with Gasteiger partial charge in [0.2, 0.25) is 12.4 Å². The third-order valence-electron chi connectivity index (χ3n) is 4.72. The van der Waals surface area contributed by atoms with Gasteiger partial charge in [-0.1, -0.05) is 30.3 Å². The summed E-state index contributed by atoms with van der Waals surface area (Å²) >= 11 is 0. The van der Waals surface area contributed by atoms with Crippen molar-refractivity contribution in [3.63, 3.8) is 0 Å². The van der Waals surface area contributed by atoms with Gasteiger partial charge in [-0.25, -0.2) is 13.8 Å². The van der Waals surface area contributed by atoms with Crippen LogP contribution in [-0.4, -0.2) is 47.5 Å². The second-order valence-corrected chi connectivity index (χ2v) is 6.69. The lowest BCUT2D eigenvalue weighted by molar-refractivity contribution is -0.118. The number of benzene rings is 2. The summed E-state index contributed by atoms with van der Waals surface area (Å²) in [4.78, 5) is 23.9. The minimum absolute atomic E-state index is 0.387. The number of nitrogens with zero attached hydrogens (tertiary/aromatic N) is 4. The minimum atomic E-state index is -0.933. The van der Waals surface area contributed by atoms with Gasteiger partial charge in [-0.3, -0.25) is 4.79 Å². The van der Waals surface area contributed by atoms with Gasteiger partial charge in [-0.15, -0.1) is 0 Å². The second-order valence-electron chi connectivity index (χ2n) is 6.69. The number of carbonyl (C=O) groups excluding carboxylic acids is 1. The quantitative estimate of drug-likeness (QED) is 0.671. The highest BCUT2D eigenvalue weighted by Crippen LogP contribution is 2.26. The summed E-state index contributed by atoms with van der Waals surface area (Å²) in [6.45, 7) is 2.41. The van der Waals surface area contributed by atoms with Gasteiger partial charge in [0.15, 0.2) is 11.6 Å². The Hall–Kier alpha value is -3.55. The molecule has 0 bridgehead atoms. The zero-order chi connectivity index (χ0) is 20.2. The van der Waals surface area contributed by atoms with Gasteiger partial charge in [-0.2, -0.15) is 4.98 Å². The van der Waals surface area contributed by atoms with E-state index in [1.165, 1.54) is 6.07 Å². The van der Waals surface area contributed by atoms with E-state index in [9.17, 15) is 13.6 Å². The first kappa shape index (κ1) is 18.8. The van der Waals surface area contributed by atoms with Crippen molar-refractivity contribution in [2.75, 3.05) is 36.4 Å². The fourth-order valence-electron chi connectivity index (χ4n) is 3.15. The van der Waals surface area contributed by atoms with Crippen molar-refractivity contribution in [2.45, 2.75) is 0 Å². The molecule has 1 amide bonds. The maximum Gasteiger partial charge on any atom is 0.228 e. The van der Waals surface area contributed by atoms with Crippen LogP contribution >= 0.6 is 0 Å². The molecule has 0 spiro atoms. The molecule has 4 rings (SSSR count). The Labute approximate surface area is 166 Å². The molecule has 6 nitrogen and oxygen atoms in total. The third kappa shape index (κ3) is 4.31. The fraction of sp³-hybridized carbons (Fsp3) is 0.190. The van der Waals surface area contributed by atoms with E-state index in [-0.39, 0.29) is 0 Å². The van der Waals surface area contributed by atoms with Crippen molar-refractivity contribution in [1.29, 1.82) is 0 Å². The van der Waals surface area contributed by atoms with E-state index >= 15 is 0 Å². The Balaban J connectivity index is 1.68. The number of carbonyl (C=O) groups is 1. The molecule has 8 heteroatoms. The van der Waals surface area contributed by atoms with Gasteiger partial charge >= 0.3 is 0 Å². The number of nitrogens with one attached hydrogen (secondary N) is 1. The molecule has 1 aromatic heterocycles. The molecule has 0 saturated carbocycles. The van der Waals surface area contributed by atoms with Crippen molar-refractivity contribution < 1.29 is 13.6 Å². The molecule has 1 aliphatic heterocycles. The summed E-state index contributed by atoms with van der Waals surface area (Å²) in [6.07, 6.45) is 0.842. The monoisotopic (exact) mass is 395 g/mol. The van der Waals surface area contributed by atoms with Crippen LogP contribution in [0.15, 0.2) is 54.6 Å². The highest BCUT2D eigenvalue weighted by molar-refractivity contribution is 5.67. The first-order valence-electron chi connectivity index (χ1n) is 9.23. The van der Waals surface area contributed by atoms with Gasteiger partial charge in [-0.05, 0) is 12.1 Å². The second kappa shape index (κ2) is 8.22. The molecule has 0 atom stereocenters. The van der Waals surface area contributed by atoms with E-state index in [1.54, 1.807) is 11.0 Å². The minimum Gasteiger partial charge on any atom is -0.342 e. The topological polar surface area (TPSA) is 61.4 Å². The molecule has 0 aliphatic carbocycles. The Morgan fingerprint density at radius 3 is 2.34 bits per heavy atom. The summed E-state index contributed by atoms with van der Waals surface area (Å²) in [5, 5.41) is 3.03. The number of hydrogen-bond acceptors (Lipinski definition) is 5. The standard InChI is InChI=1S/C21H19F2N5O/c22-17-7-6-16(12-18(17)23)24-20-13-19(15-4-2-1-3-5-15)25-21(26-20)28-10-8-27(14-29)9-11-28/h1-7,12-14H,8-11H2,(H,24,25,26). The number of aromatic nitrogens is 2. The van der Waals surface area contributed by atoms with Crippen LogP contribution in [0.1, 0.15) is 0 Å². The molecular formula is C21H19F2N5O. The molecule has 29 heavy (non-hydrogen) atoms. The summed E-state index contributed by atoms with van der Waals surface area (Å²) < 4.78 is 26.8. The first-order chi connectivity index (χ1) is 14.1. The van der Waals surface area contributed by atoms with Crippen molar-refractivity contribution in [1.82, 2.24) is 14.9 Å². The predicted octanol–water partition coefficient (Wildman–Crippen LogP) is 3.44. The van der Waals surface area contributed by atoms with E-state index in [1.807, 2.05) is 35.2 Å². The van der Waals surface area contributed by atoms with Crippen LogP contribution in [0.3, 0.4) is 0 Å². The van der Waals surface area contributed by atoms with Crippen LogP contribution in [0.4, 0.5) is 26.2 Å². The maximum absolute atomic E-state index is 13.6. The van der Waals surface area contributed by atoms with Gasteiger partial charge in [0, 0.05) is 49.6 Å². The molecule has 0 radical (unpaired) electrons.